The highest BCUT2D eigenvalue weighted by Crippen LogP contribution is 2.65. The van der Waals surface area contributed by atoms with E-state index in [-0.39, 0.29) is 5.57 Å². The average Bonchev–Trinajstić information content (AvgIpc) is 2.91. The maximum atomic E-state index is 13.3. The quantitative estimate of drug-likeness (QED) is 0.755. The van der Waals surface area contributed by atoms with Crippen molar-refractivity contribution < 1.29 is 8.22 Å². The van der Waals surface area contributed by atoms with Gasteiger partial charge in [-0.1, -0.05) is 48.3 Å². The molecule has 0 spiro atoms. The Morgan fingerprint density at radius 2 is 1.83 bits per heavy atom. The van der Waals surface area contributed by atoms with Crippen LogP contribution in [0, 0.1) is 11.3 Å². The van der Waals surface area contributed by atoms with Gasteiger partial charge in [-0.25, -0.2) is 23.5 Å². The van der Waals surface area contributed by atoms with Crippen molar-refractivity contribution in [3.05, 3.63) is 74.6 Å². The molecule has 5 heteroatoms. The molecule has 2 aromatic rings. The van der Waals surface area contributed by atoms with Crippen molar-refractivity contribution >= 4 is 0 Å². The SMILES string of the molecule is [2H]C([2H])([2H])C1=C(C)C2C3C=CC(n4c(=O)n(-c5ccccc5)c(=O)n43)C12C([2H])([2H])[2H]. The Balaban J connectivity index is 1.84. The lowest BCUT2D eigenvalue weighted by Crippen LogP contribution is -2.59. The standard InChI is InChI=1S/C19H19N3O2/c1-11-12(2)19(3)15-10-9-14(16(11)19)21-17(23)20(18(24)22(15)21)13-7-5-4-6-8-13/h4-10,14-16H,1-3H3/i2D3,3D3. The van der Waals surface area contributed by atoms with E-state index >= 15 is 0 Å². The minimum absolute atomic E-state index is 0.114. The van der Waals surface area contributed by atoms with Crippen LogP contribution in [-0.2, 0) is 0 Å². The largest absolute Gasteiger partial charge is 0.352 e. The molecule has 122 valence electrons. The van der Waals surface area contributed by atoms with E-state index in [0.717, 1.165) is 9.25 Å². The van der Waals surface area contributed by atoms with Crippen LogP contribution in [0.25, 0.3) is 5.69 Å². The third-order valence-electron chi connectivity index (χ3n) is 5.63. The minimum atomic E-state index is -2.68. The monoisotopic (exact) mass is 327 g/mol. The summed E-state index contributed by atoms with van der Waals surface area (Å²) < 4.78 is 52.3. The molecular formula is C19H19N3O2. The molecule has 1 aromatic carbocycles. The summed E-state index contributed by atoms with van der Waals surface area (Å²) in [7, 11) is 0. The third-order valence-corrected chi connectivity index (χ3v) is 5.63. The molecule has 0 saturated heterocycles. The van der Waals surface area contributed by atoms with Crippen LogP contribution in [0.3, 0.4) is 0 Å². The van der Waals surface area contributed by atoms with Gasteiger partial charge >= 0.3 is 11.4 Å². The van der Waals surface area contributed by atoms with Gasteiger partial charge in [0.05, 0.1) is 17.8 Å². The molecule has 24 heavy (non-hydrogen) atoms. The molecule has 1 aromatic heterocycles. The van der Waals surface area contributed by atoms with E-state index in [4.69, 9.17) is 8.22 Å². The van der Waals surface area contributed by atoms with E-state index < -0.39 is 48.5 Å². The van der Waals surface area contributed by atoms with Crippen LogP contribution in [0.1, 0.15) is 40.9 Å². The van der Waals surface area contributed by atoms with Gasteiger partial charge in [-0.3, -0.25) is 0 Å². The summed E-state index contributed by atoms with van der Waals surface area (Å²) in [5.41, 5.74) is -2.28. The van der Waals surface area contributed by atoms with Gasteiger partial charge in [0.25, 0.3) is 0 Å². The molecule has 4 aliphatic rings. The van der Waals surface area contributed by atoms with Gasteiger partial charge in [0.1, 0.15) is 0 Å². The topological polar surface area (TPSA) is 48.9 Å². The Kier molecular flexibility index (Phi) is 1.55. The van der Waals surface area contributed by atoms with Crippen molar-refractivity contribution in [2.24, 2.45) is 11.3 Å². The summed E-state index contributed by atoms with van der Waals surface area (Å²) in [6.07, 6.45) is 3.29. The molecule has 4 unspecified atom stereocenters. The molecule has 2 aliphatic carbocycles. The maximum Gasteiger partial charge on any atom is 0.352 e. The van der Waals surface area contributed by atoms with E-state index in [1.54, 1.807) is 49.4 Å². The average molecular weight is 327 g/mol. The number of para-hydroxylation sites is 1. The second-order valence-corrected chi connectivity index (χ2v) is 6.65. The van der Waals surface area contributed by atoms with Crippen LogP contribution in [0.2, 0.25) is 0 Å². The van der Waals surface area contributed by atoms with Gasteiger partial charge in [0.15, 0.2) is 0 Å². The van der Waals surface area contributed by atoms with Gasteiger partial charge in [-0.15, -0.1) is 0 Å². The normalized spacial score (nSPS) is 37.3. The van der Waals surface area contributed by atoms with E-state index in [1.807, 2.05) is 0 Å². The zero-order valence-corrected chi connectivity index (χ0v) is 12.9. The number of allylic oxidation sites excluding steroid dienone is 4. The van der Waals surface area contributed by atoms with Gasteiger partial charge in [0.2, 0.25) is 0 Å². The van der Waals surface area contributed by atoms with Crippen LogP contribution < -0.4 is 11.4 Å². The Bertz CT molecular complexity index is 1240. The zero-order valence-electron chi connectivity index (χ0n) is 18.9. The van der Waals surface area contributed by atoms with Crippen molar-refractivity contribution in [3.63, 3.8) is 0 Å². The van der Waals surface area contributed by atoms with Crippen LogP contribution in [-0.4, -0.2) is 13.9 Å². The molecule has 6 rings (SSSR count). The molecule has 2 aliphatic heterocycles. The predicted octanol–water partition coefficient (Wildman–Crippen LogP) is 2.44. The van der Waals surface area contributed by atoms with Crippen LogP contribution in [0.5, 0.6) is 0 Å². The lowest BCUT2D eigenvalue weighted by Gasteiger charge is -2.60. The summed E-state index contributed by atoms with van der Waals surface area (Å²) in [5.74, 6) is -0.695. The molecule has 0 fully saturated rings. The number of aromatic nitrogens is 3. The number of nitrogens with zero attached hydrogens (tertiary/aromatic N) is 3. The second kappa shape index (κ2) is 4.09. The van der Waals surface area contributed by atoms with Crippen LogP contribution in [0.15, 0.2) is 63.2 Å². The molecule has 0 amide bonds. The predicted molar refractivity (Wildman–Crippen MR) is 91.5 cm³/mol. The highest BCUT2D eigenvalue weighted by Gasteiger charge is 2.61. The van der Waals surface area contributed by atoms with Gasteiger partial charge in [-0.2, -0.15) is 0 Å². The van der Waals surface area contributed by atoms with Crippen LogP contribution >= 0.6 is 0 Å². The number of hydrogen-bond acceptors (Lipinski definition) is 2. The molecule has 4 atom stereocenters. The molecular weight excluding hydrogens is 302 g/mol. The summed E-state index contributed by atoms with van der Waals surface area (Å²) >= 11 is 0. The van der Waals surface area contributed by atoms with E-state index in [1.165, 1.54) is 4.68 Å². The van der Waals surface area contributed by atoms with Crippen LogP contribution in [0.4, 0.5) is 0 Å². The van der Waals surface area contributed by atoms with Crippen molar-refractivity contribution in [2.75, 3.05) is 0 Å². The van der Waals surface area contributed by atoms with Crippen molar-refractivity contribution in [1.29, 1.82) is 0 Å². The van der Waals surface area contributed by atoms with E-state index in [9.17, 15) is 9.59 Å². The fourth-order valence-corrected chi connectivity index (χ4v) is 4.53. The highest BCUT2D eigenvalue weighted by molar-refractivity contribution is 5.44. The van der Waals surface area contributed by atoms with Crippen molar-refractivity contribution in [1.82, 2.24) is 13.9 Å². The maximum absolute atomic E-state index is 13.3. The molecule has 0 radical (unpaired) electrons. The molecule has 2 bridgehead atoms. The molecule has 5 nitrogen and oxygen atoms in total. The lowest BCUT2D eigenvalue weighted by atomic mass is 9.49. The van der Waals surface area contributed by atoms with Gasteiger partial charge in [0, 0.05) is 19.6 Å². The second-order valence-electron chi connectivity index (χ2n) is 6.65. The molecule has 0 saturated carbocycles. The third kappa shape index (κ3) is 1.26. The van der Waals surface area contributed by atoms with Gasteiger partial charge < -0.3 is 0 Å². The Hall–Kier alpha value is -2.56. The Morgan fingerprint density at radius 1 is 1.08 bits per heavy atom. The molecule has 3 heterocycles. The van der Waals surface area contributed by atoms with Gasteiger partial charge in [-0.05, 0) is 25.9 Å². The fourth-order valence-electron chi connectivity index (χ4n) is 4.53. The Labute approximate surface area is 147 Å². The fraction of sp³-hybridized carbons (Fsp3) is 0.368. The van der Waals surface area contributed by atoms with E-state index in [0.29, 0.717) is 11.3 Å². The van der Waals surface area contributed by atoms with E-state index in [2.05, 4.69) is 0 Å². The minimum Gasteiger partial charge on any atom is -0.245 e. The first-order chi connectivity index (χ1) is 13.9. The first-order valence-electron chi connectivity index (χ1n) is 10.9. The van der Waals surface area contributed by atoms with Crippen molar-refractivity contribution in [2.45, 2.75) is 32.7 Å². The summed E-state index contributed by atoms with van der Waals surface area (Å²) in [4.78, 5) is 26.6. The van der Waals surface area contributed by atoms with Crippen molar-refractivity contribution in [3.8, 4) is 5.69 Å². The summed E-state index contributed by atoms with van der Waals surface area (Å²) in [6, 6.07) is 6.55. The molecule has 0 N–H and O–H groups in total. The highest BCUT2D eigenvalue weighted by atomic mass is 16.2. The number of benzene rings is 1. The smallest absolute Gasteiger partial charge is 0.245 e. The zero-order chi connectivity index (χ0) is 21.8. The Morgan fingerprint density at radius 3 is 2.54 bits per heavy atom. The summed E-state index contributed by atoms with van der Waals surface area (Å²) in [5, 5.41) is 0. The summed E-state index contributed by atoms with van der Waals surface area (Å²) in [6.45, 7) is -3.67. The number of hydrogen-bond donors (Lipinski definition) is 0. The first kappa shape index (κ1) is 9.06. The number of rotatable bonds is 1. The first-order valence-corrected chi connectivity index (χ1v) is 7.85. The lowest BCUT2D eigenvalue weighted by molar-refractivity contribution is 0.0303.